The SMILES string of the molecule is COCCNCC(O)Cn1ncc2ccc([N+](=O)[O-])cc21. The zero-order valence-electron chi connectivity index (χ0n) is 11.7. The molecule has 0 spiro atoms. The molecule has 21 heavy (non-hydrogen) atoms. The molecule has 1 atom stereocenters. The summed E-state index contributed by atoms with van der Waals surface area (Å²) >= 11 is 0. The topological polar surface area (TPSA) is 102 Å². The van der Waals surface area contributed by atoms with Gasteiger partial charge in [0.2, 0.25) is 0 Å². The molecule has 2 N–H and O–H groups in total. The fourth-order valence-corrected chi connectivity index (χ4v) is 2.02. The van der Waals surface area contributed by atoms with Crippen LogP contribution < -0.4 is 5.32 Å². The summed E-state index contributed by atoms with van der Waals surface area (Å²) in [4.78, 5) is 10.4. The van der Waals surface area contributed by atoms with E-state index in [0.29, 0.717) is 25.2 Å². The summed E-state index contributed by atoms with van der Waals surface area (Å²) in [5, 5.41) is 28.8. The summed E-state index contributed by atoms with van der Waals surface area (Å²) in [6.45, 7) is 1.90. The first kappa shape index (κ1) is 15.4. The van der Waals surface area contributed by atoms with Crippen molar-refractivity contribution in [3.8, 4) is 0 Å². The molecular weight excluding hydrogens is 276 g/mol. The molecule has 0 aliphatic carbocycles. The molecule has 1 unspecified atom stereocenters. The van der Waals surface area contributed by atoms with Gasteiger partial charge in [0.25, 0.3) is 5.69 Å². The van der Waals surface area contributed by atoms with Crippen LogP contribution in [0, 0.1) is 10.1 Å². The van der Waals surface area contributed by atoms with Gasteiger partial charge in [-0.25, -0.2) is 0 Å². The number of nitrogens with zero attached hydrogens (tertiary/aromatic N) is 3. The minimum absolute atomic E-state index is 0.0111. The summed E-state index contributed by atoms with van der Waals surface area (Å²) < 4.78 is 6.47. The normalized spacial score (nSPS) is 12.7. The molecule has 0 radical (unpaired) electrons. The lowest BCUT2D eigenvalue weighted by Gasteiger charge is -2.12. The molecule has 2 rings (SSSR count). The van der Waals surface area contributed by atoms with Crippen LogP contribution in [0.15, 0.2) is 24.4 Å². The molecule has 1 aromatic heterocycles. The number of rotatable bonds is 8. The lowest BCUT2D eigenvalue weighted by atomic mass is 10.2. The number of nitro benzene ring substituents is 1. The number of methoxy groups -OCH3 is 1. The van der Waals surface area contributed by atoms with Crippen molar-refractivity contribution < 1.29 is 14.8 Å². The van der Waals surface area contributed by atoms with E-state index < -0.39 is 11.0 Å². The molecule has 8 heteroatoms. The molecular formula is C13H18N4O4. The maximum atomic E-state index is 10.8. The number of non-ortho nitro benzene ring substituents is 1. The molecule has 0 saturated carbocycles. The van der Waals surface area contributed by atoms with Gasteiger partial charge in [-0.15, -0.1) is 0 Å². The van der Waals surface area contributed by atoms with Gasteiger partial charge in [0.15, 0.2) is 0 Å². The van der Waals surface area contributed by atoms with E-state index in [0.717, 1.165) is 5.39 Å². The Bertz CT molecular complexity index is 613. The molecule has 0 aliphatic rings. The van der Waals surface area contributed by atoms with Crippen molar-refractivity contribution in [1.29, 1.82) is 0 Å². The highest BCUT2D eigenvalue weighted by Crippen LogP contribution is 2.20. The molecule has 8 nitrogen and oxygen atoms in total. The average Bonchev–Trinajstić information content (AvgIpc) is 2.86. The van der Waals surface area contributed by atoms with E-state index in [4.69, 9.17) is 4.74 Å². The third-order valence-electron chi connectivity index (χ3n) is 3.09. The van der Waals surface area contributed by atoms with Gasteiger partial charge in [-0.2, -0.15) is 5.10 Å². The summed E-state index contributed by atoms with van der Waals surface area (Å²) in [6.07, 6.45) is 0.994. The first-order valence-corrected chi connectivity index (χ1v) is 6.59. The Morgan fingerprint density at radius 1 is 1.57 bits per heavy atom. The van der Waals surface area contributed by atoms with E-state index in [1.54, 1.807) is 24.1 Å². The third kappa shape index (κ3) is 3.97. The van der Waals surface area contributed by atoms with Crippen LogP contribution in [-0.2, 0) is 11.3 Å². The van der Waals surface area contributed by atoms with Gasteiger partial charge in [0.1, 0.15) is 0 Å². The number of aliphatic hydroxyl groups is 1. The van der Waals surface area contributed by atoms with E-state index in [1.807, 2.05) is 0 Å². The van der Waals surface area contributed by atoms with Crippen LogP contribution in [0.1, 0.15) is 0 Å². The Morgan fingerprint density at radius 2 is 2.38 bits per heavy atom. The maximum absolute atomic E-state index is 10.8. The Hall–Kier alpha value is -2.03. The Morgan fingerprint density at radius 3 is 3.10 bits per heavy atom. The zero-order valence-corrected chi connectivity index (χ0v) is 11.7. The van der Waals surface area contributed by atoms with Crippen molar-refractivity contribution in [2.75, 3.05) is 26.8 Å². The molecule has 0 amide bonds. The zero-order chi connectivity index (χ0) is 15.2. The average molecular weight is 294 g/mol. The number of hydrogen-bond donors (Lipinski definition) is 2. The second kappa shape index (κ2) is 7.11. The summed E-state index contributed by atoms with van der Waals surface area (Å²) in [7, 11) is 1.61. The number of nitro groups is 1. The fourth-order valence-electron chi connectivity index (χ4n) is 2.02. The molecule has 0 aliphatic heterocycles. The first-order chi connectivity index (χ1) is 10.1. The standard InChI is InChI=1S/C13H18N4O4/c1-21-5-4-14-8-12(18)9-16-13-6-11(17(19)20)3-2-10(13)7-15-16/h2-3,6-7,12,14,18H,4-5,8-9H2,1H3. The molecule has 0 saturated heterocycles. The largest absolute Gasteiger partial charge is 0.390 e. The number of hydrogen-bond acceptors (Lipinski definition) is 6. The summed E-state index contributed by atoms with van der Waals surface area (Å²) in [5.74, 6) is 0. The maximum Gasteiger partial charge on any atom is 0.271 e. The number of aromatic nitrogens is 2. The number of fused-ring (bicyclic) bond motifs is 1. The summed E-state index contributed by atoms with van der Waals surface area (Å²) in [6, 6.07) is 4.56. The highest BCUT2D eigenvalue weighted by Gasteiger charge is 2.12. The van der Waals surface area contributed by atoms with Crippen molar-refractivity contribution in [3.05, 3.63) is 34.5 Å². The minimum Gasteiger partial charge on any atom is -0.390 e. The van der Waals surface area contributed by atoms with E-state index >= 15 is 0 Å². The molecule has 1 aromatic carbocycles. The van der Waals surface area contributed by atoms with Crippen LogP contribution >= 0.6 is 0 Å². The van der Waals surface area contributed by atoms with Gasteiger partial charge >= 0.3 is 0 Å². The van der Waals surface area contributed by atoms with Crippen LogP contribution in [-0.4, -0.2) is 52.7 Å². The number of aliphatic hydroxyl groups excluding tert-OH is 1. The second-order valence-corrected chi connectivity index (χ2v) is 4.68. The van der Waals surface area contributed by atoms with Gasteiger partial charge in [-0.3, -0.25) is 14.8 Å². The fraction of sp³-hybridized carbons (Fsp3) is 0.462. The minimum atomic E-state index is -0.635. The molecule has 114 valence electrons. The van der Waals surface area contributed by atoms with Crippen LogP contribution in [0.2, 0.25) is 0 Å². The molecule has 2 aromatic rings. The molecule has 1 heterocycles. The Labute approximate surface area is 121 Å². The van der Waals surface area contributed by atoms with Gasteiger partial charge in [0, 0.05) is 37.7 Å². The van der Waals surface area contributed by atoms with E-state index in [2.05, 4.69) is 10.4 Å². The number of nitrogens with one attached hydrogen (secondary N) is 1. The van der Waals surface area contributed by atoms with Crippen molar-refractivity contribution in [1.82, 2.24) is 15.1 Å². The quantitative estimate of drug-likeness (QED) is 0.418. The monoisotopic (exact) mass is 294 g/mol. The van der Waals surface area contributed by atoms with Crippen molar-refractivity contribution in [2.24, 2.45) is 0 Å². The number of benzene rings is 1. The van der Waals surface area contributed by atoms with E-state index in [-0.39, 0.29) is 12.2 Å². The van der Waals surface area contributed by atoms with Gasteiger partial charge in [-0.1, -0.05) is 0 Å². The Balaban J connectivity index is 2.04. The smallest absolute Gasteiger partial charge is 0.271 e. The molecule has 0 fully saturated rings. The molecule has 0 bridgehead atoms. The number of ether oxygens (including phenoxy) is 1. The van der Waals surface area contributed by atoms with Crippen molar-refractivity contribution >= 4 is 16.6 Å². The Kier molecular flexibility index (Phi) is 5.20. The van der Waals surface area contributed by atoms with E-state index in [9.17, 15) is 15.2 Å². The van der Waals surface area contributed by atoms with Crippen molar-refractivity contribution in [3.63, 3.8) is 0 Å². The first-order valence-electron chi connectivity index (χ1n) is 6.59. The van der Waals surface area contributed by atoms with Crippen LogP contribution in [0.5, 0.6) is 0 Å². The predicted molar refractivity (Wildman–Crippen MR) is 77.1 cm³/mol. The lowest BCUT2D eigenvalue weighted by Crippen LogP contribution is -2.32. The summed E-state index contributed by atoms with van der Waals surface area (Å²) in [5.41, 5.74) is 0.650. The van der Waals surface area contributed by atoms with Crippen molar-refractivity contribution in [2.45, 2.75) is 12.6 Å². The highest BCUT2D eigenvalue weighted by molar-refractivity contribution is 5.80. The third-order valence-corrected chi connectivity index (χ3v) is 3.09. The van der Waals surface area contributed by atoms with Crippen LogP contribution in [0.3, 0.4) is 0 Å². The van der Waals surface area contributed by atoms with Gasteiger partial charge < -0.3 is 15.2 Å². The predicted octanol–water partition coefficient (Wildman–Crippen LogP) is 0.541. The van der Waals surface area contributed by atoms with Crippen LogP contribution in [0.4, 0.5) is 5.69 Å². The van der Waals surface area contributed by atoms with Crippen LogP contribution in [0.25, 0.3) is 10.9 Å². The van der Waals surface area contributed by atoms with Gasteiger partial charge in [0.05, 0.1) is 35.9 Å². The second-order valence-electron chi connectivity index (χ2n) is 4.68. The highest BCUT2D eigenvalue weighted by atomic mass is 16.6. The lowest BCUT2D eigenvalue weighted by molar-refractivity contribution is -0.384. The van der Waals surface area contributed by atoms with E-state index in [1.165, 1.54) is 12.1 Å². The van der Waals surface area contributed by atoms with Gasteiger partial charge in [-0.05, 0) is 6.07 Å².